The van der Waals surface area contributed by atoms with Gasteiger partial charge in [-0.2, -0.15) is 0 Å². The Labute approximate surface area is 254 Å². The Morgan fingerprint density at radius 3 is 2.66 bits per heavy atom. The molecule has 5 heterocycles. The van der Waals surface area contributed by atoms with Crippen molar-refractivity contribution in [1.82, 2.24) is 25.1 Å². The molecule has 3 aromatic rings. The molecule has 2 aliphatic rings. The zero-order chi connectivity index (χ0) is 29.1. The zero-order valence-electron chi connectivity index (χ0n) is 23.4. The number of piperazine rings is 1. The van der Waals surface area contributed by atoms with Crippen molar-refractivity contribution < 1.29 is 14.3 Å². The summed E-state index contributed by atoms with van der Waals surface area (Å²) in [7, 11) is 2.05. The normalized spacial score (nSPS) is 19.4. The maximum Gasteiger partial charge on any atom is 0.272 e. The first-order valence-electron chi connectivity index (χ1n) is 13.9. The summed E-state index contributed by atoms with van der Waals surface area (Å²) in [6, 6.07) is 9.24. The van der Waals surface area contributed by atoms with E-state index in [2.05, 4.69) is 34.1 Å². The Balaban J connectivity index is 1.46. The smallest absolute Gasteiger partial charge is 0.272 e. The van der Waals surface area contributed by atoms with Crippen molar-refractivity contribution in [3.63, 3.8) is 0 Å². The molecule has 2 fully saturated rings. The first kappa shape index (κ1) is 29.6. The number of hydrogen-bond donors (Lipinski definition) is 1. The Hall–Kier alpha value is -2.92. The fourth-order valence-electron chi connectivity index (χ4n) is 5.48. The number of likely N-dealkylation sites (N-methyl/N-ethyl adjacent to an activating group) is 1. The van der Waals surface area contributed by atoms with E-state index in [4.69, 9.17) is 32.9 Å². The second-order valence-electron chi connectivity index (χ2n) is 10.3. The molecule has 0 radical (unpaired) electrons. The number of ether oxygens (including phenoxy) is 1. The predicted molar refractivity (Wildman–Crippen MR) is 164 cm³/mol. The van der Waals surface area contributed by atoms with Crippen LogP contribution >= 0.6 is 34.5 Å². The summed E-state index contributed by atoms with van der Waals surface area (Å²) in [5.74, 6) is 0.143. The Bertz CT molecular complexity index is 1420. The number of carbonyl (C=O) groups excluding carboxylic acids is 2. The Morgan fingerprint density at radius 2 is 1.98 bits per heavy atom. The molecule has 12 heteroatoms. The fraction of sp³-hybridized carbons (Fsp3) is 0.448. The molecule has 3 aromatic heterocycles. The number of amides is 2. The molecule has 0 bridgehead atoms. The van der Waals surface area contributed by atoms with Crippen LogP contribution in [0.2, 0.25) is 9.36 Å². The molecule has 2 aliphatic heterocycles. The number of likely N-dealkylation sites (tertiary alicyclic amines) is 1. The van der Waals surface area contributed by atoms with Crippen LogP contribution in [0.3, 0.4) is 0 Å². The highest BCUT2D eigenvalue weighted by Gasteiger charge is 2.34. The van der Waals surface area contributed by atoms with Gasteiger partial charge in [0.2, 0.25) is 5.88 Å². The predicted octanol–water partition coefficient (Wildman–Crippen LogP) is 5.09. The van der Waals surface area contributed by atoms with Gasteiger partial charge in [-0.05, 0) is 63.7 Å². The monoisotopic (exact) mass is 616 g/mol. The highest BCUT2D eigenvalue weighted by Crippen LogP contribution is 2.34. The molecule has 2 saturated heterocycles. The molecule has 0 spiro atoms. The van der Waals surface area contributed by atoms with Gasteiger partial charge in [0.1, 0.15) is 4.88 Å². The van der Waals surface area contributed by atoms with Gasteiger partial charge in [-0.1, -0.05) is 30.1 Å². The number of hydrogen-bond acceptors (Lipinski definition) is 8. The van der Waals surface area contributed by atoms with Gasteiger partial charge in [-0.15, -0.1) is 11.3 Å². The molecule has 0 unspecified atom stereocenters. The quantitative estimate of drug-likeness (QED) is 0.377. The van der Waals surface area contributed by atoms with E-state index in [0.717, 1.165) is 37.2 Å². The number of anilines is 1. The first-order valence-corrected chi connectivity index (χ1v) is 15.5. The van der Waals surface area contributed by atoms with Crippen LogP contribution in [-0.4, -0.2) is 90.0 Å². The summed E-state index contributed by atoms with van der Waals surface area (Å²) in [4.78, 5) is 43.1. The van der Waals surface area contributed by atoms with E-state index in [1.54, 1.807) is 12.3 Å². The summed E-state index contributed by atoms with van der Waals surface area (Å²) in [6.07, 6.45) is 3.34. The number of pyridine rings is 2. The zero-order valence-corrected chi connectivity index (χ0v) is 25.7. The minimum Gasteiger partial charge on any atom is -0.477 e. The third-order valence-corrected chi connectivity index (χ3v) is 9.21. The molecule has 0 aromatic carbocycles. The summed E-state index contributed by atoms with van der Waals surface area (Å²) in [5.41, 5.74) is 2.44. The van der Waals surface area contributed by atoms with Gasteiger partial charge in [-0.3, -0.25) is 9.59 Å². The lowest BCUT2D eigenvalue weighted by molar-refractivity contribution is 0.0724. The van der Waals surface area contributed by atoms with Crippen molar-refractivity contribution in [2.24, 2.45) is 0 Å². The standard InChI is InChI=1S/C29H34Cl2N6O3S/c1-4-19-17-36(29(39)26-21(30)15-24(31)41-26)13-14-37(19)23-9-8-22(20-7-6-11-32-28(20)40-5-2)34-25(23)27(38)33-18-10-12-35(3)16-18/h6-9,11,15,18-19H,4-5,10,12-14,16-17H2,1-3H3,(H,33,38)/t18-,19-/m1/s1. The molecule has 9 nitrogen and oxygen atoms in total. The van der Waals surface area contributed by atoms with Crippen LogP contribution in [0.25, 0.3) is 11.3 Å². The van der Waals surface area contributed by atoms with Crippen molar-refractivity contribution in [3.05, 3.63) is 56.5 Å². The number of rotatable bonds is 8. The van der Waals surface area contributed by atoms with E-state index in [0.29, 0.717) is 57.7 Å². The van der Waals surface area contributed by atoms with E-state index in [9.17, 15) is 9.59 Å². The van der Waals surface area contributed by atoms with Crippen LogP contribution in [0, 0.1) is 0 Å². The van der Waals surface area contributed by atoms with E-state index in [1.807, 2.05) is 36.1 Å². The molecule has 2 amide bonds. The average molecular weight is 618 g/mol. The molecule has 1 N–H and O–H groups in total. The lowest BCUT2D eigenvalue weighted by Gasteiger charge is -2.43. The minimum atomic E-state index is -0.211. The molecule has 0 aliphatic carbocycles. The van der Waals surface area contributed by atoms with Gasteiger partial charge in [0.15, 0.2) is 5.69 Å². The molecular weight excluding hydrogens is 583 g/mol. The van der Waals surface area contributed by atoms with Gasteiger partial charge in [0.25, 0.3) is 11.8 Å². The van der Waals surface area contributed by atoms with Crippen LogP contribution in [0.15, 0.2) is 36.5 Å². The highest BCUT2D eigenvalue weighted by molar-refractivity contribution is 7.18. The van der Waals surface area contributed by atoms with Crippen LogP contribution in [0.5, 0.6) is 5.88 Å². The van der Waals surface area contributed by atoms with Gasteiger partial charge in [0, 0.05) is 44.5 Å². The molecule has 218 valence electrons. The molecular formula is C29H34Cl2N6O3S. The van der Waals surface area contributed by atoms with Gasteiger partial charge < -0.3 is 24.8 Å². The summed E-state index contributed by atoms with van der Waals surface area (Å²) >= 11 is 13.6. The number of nitrogens with one attached hydrogen (secondary N) is 1. The topological polar surface area (TPSA) is 90.9 Å². The average Bonchev–Trinajstić information content (AvgIpc) is 3.55. The SMILES string of the molecule is CCOc1ncccc1-c1ccc(N2CCN(C(=O)c3sc(Cl)cc3Cl)C[C@H]2CC)c(C(=O)N[C@@H]2CCN(C)C2)n1. The van der Waals surface area contributed by atoms with Crippen LogP contribution in [0.1, 0.15) is 46.8 Å². The first-order chi connectivity index (χ1) is 19.8. The Morgan fingerprint density at radius 1 is 1.15 bits per heavy atom. The van der Waals surface area contributed by atoms with Gasteiger partial charge >= 0.3 is 0 Å². The van der Waals surface area contributed by atoms with Crippen molar-refractivity contribution in [3.8, 4) is 17.1 Å². The summed E-state index contributed by atoms with van der Waals surface area (Å²) in [6.45, 7) is 7.71. The van der Waals surface area contributed by atoms with Gasteiger partial charge in [0.05, 0.1) is 32.9 Å². The van der Waals surface area contributed by atoms with Crippen molar-refractivity contribution >= 4 is 52.0 Å². The van der Waals surface area contributed by atoms with E-state index in [1.165, 1.54) is 11.3 Å². The third-order valence-electron chi connectivity index (χ3n) is 7.55. The lowest BCUT2D eigenvalue weighted by atomic mass is 10.1. The summed E-state index contributed by atoms with van der Waals surface area (Å²) < 4.78 is 6.24. The highest BCUT2D eigenvalue weighted by atomic mass is 35.5. The second kappa shape index (κ2) is 12.9. The molecule has 5 rings (SSSR count). The molecule has 41 heavy (non-hydrogen) atoms. The number of carbonyl (C=O) groups is 2. The van der Waals surface area contributed by atoms with Crippen molar-refractivity contribution in [1.29, 1.82) is 0 Å². The maximum atomic E-state index is 13.8. The van der Waals surface area contributed by atoms with Crippen LogP contribution < -0.4 is 15.0 Å². The van der Waals surface area contributed by atoms with Gasteiger partial charge in [-0.25, -0.2) is 9.97 Å². The number of aromatic nitrogens is 2. The van der Waals surface area contributed by atoms with Crippen molar-refractivity contribution in [2.75, 3.05) is 51.3 Å². The largest absolute Gasteiger partial charge is 0.477 e. The number of thiophene rings is 1. The van der Waals surface area contributed by atoms with E-state index >= 15 is 0 Å². The molecule has 2 atom stereocenters. The second-order valence-corrected chi connectivity index (χ2v) is 12.4. The van der Waals surface area contributed by atoms with Crippen molar-refractivity contribution in [2.45, 2.75) is 38.8 Å². The van der Waals surface area contributed by atoms with Crippen LogP contribution in [-0.2, 0) is 0 Å². The van der Waals surface area contributed by atoms with E-state index in [-0.39, 0.29) is 23.9 Å². The summed E-state index contributed by atoms with van der Waals surface area (Å²) in [5, 5.41) is 3.58. The van der Waals surface area contributed by atoms with E-state index < -0.39 is 0 Å². The fourth-order valence-corrected chi connectivity index (χ4v) is 6.99. The number of halogens is 2. The number of nitrogens with zero attached hydrogens (tertiary/aromatic N) is 5. The third kappa shape index (κ3) is 6.45. The Kier molecular flexibility index (Phi) is 9.33. The maximum absolute atomic E-state index is 13.8. The molecule has 0 saturated carbocycles. The minimum absolute atomic E-state index is 0.0175. The van der Waals surface area contributed by atoms with Crippen LogP contribution in [0.4, 0.5) is 5.69 Å². The lowest BCUT2D eigenvalue weighted by Crippen LogP contribution is -2.55.